The minimum Gasteiger partial charge on any atom is -0.380 e. The van der Waals surface area contributed by atoms with Crippen LogP contribution in [0.15, 0.2) is 36.4 Å². The average Bonchev–Trinajstić information content (AvgIpc) is 2.39. The maximum atomic E-state index is 13.0. The molecule has 4 heteroatoms. The normalized spacial score (nSPS) is 10.0. The van der Waals surface area contributed by atoms with E-state index in [2.05, 4.69) is 5.32 Å². The van der Waals surface area contributed by atoms with Gasteiger partial charge in [-0.25, -0.2) is 4.39 Å². The standard InChI is InChI=1S/C15H12ClFN2/c1-10-6-13(16)3-2-11(10)9-19-15-5-4-14(17)7-12(15)8-18/h2-7,19H,9H2,1H3. The minimum absolute atomic E-state index is 0.298. The Balaban J connectivity index is 2.17. The molecule has 96 valence electrons. The first-order chi connectivity index (χ1) is 9.10. The molecule has 0 aliphatic heterocycles. The first-order valence-electron chi connectivity index (χ1n) is 5.78. The van der Waals surface area contributed by atoms with Crippen molar-refractivity contribution in [2.24, 2.45) is 0 Å². The third kappa shape index (κ3) is 3.24. The Labute approximate surface area is 116 Å². The molecule has 2 nitrogen and oxygen atoms in total. The summed E-state index contributed by atoms with van der Waals surface area (Å²) in [6.45, 7) is 2.53. The monoisotopic (exact) mass is 274 g/mol. The van der Waals surface area contributed by atoms with Crippen LogP contribution in [0.5, 0.6) is 0 Å². The summed E-state index contributed by atoms with van der Waals surface area (Å²) in [7, 11) is 0. The molecule has 0 atom stereocenters. The summed E-state index contributed by atoms with van der Waals surface area (Å²) >= 11 is 5.89. The number of hydrogen-bond acceptors (Lipinski definition) is 2. The van der Waals surface area contributed by atoms with Gasteiger partial charge in [0.15, 0.2) is 0 Å². The van der Waals surface area contributed by atoms with Crippen LogP contribution < -0.4 is 5.32 Å². The van der Waals surface area contributed by atoms with E-state index in [1.165, 1.54) is 12.1 Å². The van der Waals surface area contributed by atoms with Gasteiger partial charge in [0.25, 0.3) is 0 Å². The minimum atomic E-state index is -0.412. The zero-order valence-electron chi connectivity index (χ0n) is 10.4. The summed E-state index contributed by atoms with van der Waals surface area (Å²) in [5.74, 6) is -0.412. The van der Waals surface area contributed by atoms with Gasteiger partial charge < -0.3 is 5.32 Å². The molecule has 0 spiro atoms. The smallest absolute Gasteiger partial charge is 0.124 e. The van der Waals surface area contributed by atoms with Gasteiger partial charge in [-0.15, -0.1) is 0 Å². The van der Waals surface area contributed by atoms with E-state index < -0.39 is 5.82 Å². The molecule has 2 rings (SSSR count). The van der Waals surface area contributed by atoms with Crippen LogP contribution in [0.3, 0.4) is 0 Å². The Bertz CT molecular complexity index is 647. The first-order valence-corrected chi connectivity index (χ1v) is 6.16. The number of nitrogens with zero attached hydrogens (tertiary/aromatic N) is 1. The fourth-order valence-corrected chi connectivity index (χ4v) is 2.04. The number of rotatable bonds is 3. The van der Waals surface area contributed by atoms with E-state index in [9.17, 15) is 4.39 Å². The topological polar surface area (TPSA) is 35.8 Å². The van der Waals surface area contributed by atoms with Gasteiger partial charge in [0.2, 0.25) is 0 Å². The van der Waals surface area contributed by atoms with Gasteiger partial charge in [0, 0.05) is 11.6 Å². The number of hydrogen-bond donors (Lipinski definition) is 1. The molecule has 0 unspecified atom stereocenters. The molecule has 0 aliphatic carbocycles. The van der Waals surface area contributed by atoms with Crippen LogP contribution in [0, 0.1) is 24.1 Å². The van der Waals surface area contributed by atoms with E-state index in [0.29, 0.717) is 22.8 Å². The number of benzene rings is 2. The molecule has 1 N–H and O–H groups in total. The lowest BCUT2D eigenvalue weighted by Gasteiger charge is -2.10. The Hall–Kier alpha value is -2.05. The van der Waals surface area contributed by atoms with Crippen molar-refractivity contribution >= 4 is 17.3 Å². The van der Waals surface area contributed by atoms with E-state index >= 15 is 0 Å². The van der Waals surface area contributed by atoms with Crippen LogP contribution >= 0.6 is 11.6 Å². The van der Waals surface area contributed by atoms with E-state index in [1.54, 1.807) is 6.07 Å². The Morgan fingerprint density at radius 2 is 2.05 bits per heavy atom. The molecule has 0 amide bonds. The highest BCUT2D eigenvalue weighted by Crippen LogP contribution is 2.19. The predicted molar refractivity (Wildman–Crippen MR) is 74.6 cm³/mol. The molecule has 19 heavy (non-hydrogen) atoms. The average molecular weight is 275 g/mol. The molecule has 0 saturated heterocycles. The molecule has 2 aromatic rings. The SMILES string of the molecule is Cc1cc(Cl)ccc1CNc1ccc(F)cc1C#N. The third-order valence-corrected chi connectivity index (χ3v) is 3.11. The van der Waals surface area contributed by atoms with Gasteiger partial charge in [-0.3, -0.25) is 0 Å². The molecule has 2 aromatic carbocycles. The van der Waals surface area contributed by atoms with E-state index in [-0.39, 0.29) is 0 Å². The lowest BCUT2D eigenvalue weighted by atomic mass is 10.1. The molecular formula is C15H12ClFN2. The number of anilines is 1. The molecule has 0 fully saturated rings. The fraction of sp³-hybridized carbons (Fsp3) is 0.133. The highest BCUT2D eigenvalue weighted by Gasteiger charge is 2.04. The Kier molecular flexibility index (Phi) is 4.03. The van der Waals surface area contributed by atoms with Crippen molar-refractivity contribution in [3.05, 3.63) is 63.9 Å². The Morgan fingerprint density at radius 3 is 2.74 bits per heavy atom. The van der Waals surface area contributed by atoms with Crippen molar-refractivity contribution in [3.63, 3.8) is 0 Å². The highest BCUT2D eigenvalue weighted by molar-refractivity contribution is 6.30. The lowest BCUT2D eigenvalue weighted by molar-refractivity contribution is 0.627. The molecule has 0 bridgehead atoms. The van der Waals surface area contributed by atoms with Crippen molar-refractivity contribution in [2.75, 3.05) is 5.32 Å². The molecule has 0 aliphatic rings. The molecule has 0 heterocycles. The highest BCUT2D eigenvalue weighted by atomic mass is 35.5. The van der Waals surface area contributed by atoms with Crippen LogP contribution in [0.2, 0.25) is 5.02 Å². The number of halogens is 2. The molecule has 0 saturated carbocycles. The van der Waals surface area contributed by atoms with Crippen molar-refractivity contribution in [1.29, 1.82) is 5.26 Å². The zero-order valence-corrected chi connectivity index (χ0v) is 11.1. The van der Waals surface area contributed by atoms with Crippen molar-refractivity contribution < 1.29 is 4.39 Å². The summed E-state index contributed by atoms with van der Waals surface area (Å²) in [5, 5.41) is 12.8. The van der Waals surface area contributed by atoms with Gasteiger partial charge in [-0.1, -0.05) is 17.7 Å². The largest absolute Gasteiger partial charge is 0.380 e. The van der Waals surface area contributed by atoms with Gasteiger partial charge in [0.05, 0.1) is 11.3 Å². The fourth-order valence-electron chi connectivity index (χ4n) is 1.81. The van der Waals surface area contributed by atoms with Crippen molar-refractivity contribution in [3.8, 4) is 6.07 Å². The van der Waals surface area contributed by atoms with E-state index in [4.69, 9.17) is 16.9 Å². The van der Waals surface area contributed by atoms with Gasteiger partial charge >= 0.3 is 0 Å². The zero-order chi connectivity index (χ0) is 13.8. The Morgan fingerprint density at radius 1 is 1.26 bits per heavy atom. The quantitative estimate of drug-likeness (QED) is 0.907. The van der Waals surface area contributed by atoms with Crippen LogP contribution in [0.1, 0.15) is 16.7 Å². The van der Waals surface area contributed by atoms with E-state index in [1.807, 2.05) is 31.2 Å². The first kappa shape index (κ1) is 13.4. The van der Waals surface area contributed by atoms with Gasteiger partial charge in [0.1, 0.15) is 11.9 Å². The van der Waals surface area contributed by atoms with Gasteiger partial charge in [-0.2, -0.15) is 5.26 Å². The van der Waals surface area contributed by atoms with Gasteiger partial charge in [-0.05, 0) is 48.4 Å². The second-order valence-corrected chi connectivity index (χ2v) is 4.66. The second-order valence-electron chi connectivity index (χ2n) is 4.23. The summed E-state index contributed by atoms with van der Waals surface area (Å²) in [6, 6.07) is 11.7. The lowest BCUT2D eigenvalue weighted by Crippen LogP contribution is -2.03. The van der Waals surface area contributed by atoms with E-state index in [0.717, 1.165) is 11.1 Å². The van der Waals surface area contributed by atoms with Crippen LogP contribution in [0.4, 0.5) is 10.1 Å². The number of aryl methyl sites for hydroxylation is 1. The third-order valence-electron chi connectivity index (χ3n) is 2.88. The summed E-state index contributed by atoms with van der Waals surface area (Å²) in [4.78, 5) is 0. The molecular weight excluding hydrogens is 263 g/mol. The summed E-state index contributed by atoms with van der Waals surface area (Å²) in [5.41, 5.74) is 3.07. The number of nitrogens with one attached hydrogen (secondary N) is 1. The second kappa shape index (κ2) is 5.73. The molecule has 0 aromatic heterocycles. The maximum Gasteiger partial charge on any atom is 0.124 e. The summed E-state index contributed by atoms with van der Waals surface area (Å²) < 4.78 is 13.0. The maximum absolute atomic E-state index is 13.0. The summed E-state index contributed by atoms with van der Waals surface area (Å²) in [6.07, 6.45) is 0. The number of nitriles is 1. The predicted octanol–water partition coefficient (Wildman–Crippen LogP) is 4.27. The van der Waals surface area contributed by atoms with Crippen molar-refractivity contribution in [1.82, 2.24) is 0 Å². The van der Waals surface area contributed by atoms with Crippen molar-refractivity contribution in [2.45, 2.75) is 13.5 Å². The van der Waals surface area contributed by atoms with Crippen LogP contribution in [-0.4, -0.2) is 0 Å². The van der Waals surface area contributed by atoms with Crippen LogP contribution in [0.25, 0.3) is 0 Å². The van der Waals surface area contributed by atoms with Crippen LogP contribution in [-0.2, 0) is 6.54 Å². The molecule has 0 radical (unpaired) electrons.